The van der Waals surface area contributed by atoms with Gasteiger partial charge in [-0.3, -0.25) is 14.4 Å². The Labute approximate surface area is 229 Å². The van der Waals surface area contributed by atoms with Gasteiger partial charge in [0.2, 0.25) is 17.7 Å². The van der Waals surface area contributed by atoms with Crippen molar-refractivity contribution in [2.45, 2.75) is 101 Å². The highest BCUT2D eigenvalue weighted by molar-refractivity contribution is 6.31. The van der Waals surface area contributed by atoms with Crippen LogP contribution in [0.15, 0.2) is 30.4 Å². The van der Waals surface area contributed by atoms with Crippen LogP contribution in [0.3, 0.4) is 0 Å². The summed E-state index contributed by atoms with van der Waals surface area (Å²) >= 11 is 6.29. The monoisotopic (exact) mass is 539 g/mol. The molecule has 7 nitrogen and oxygen atoms in total. The molecule has 1 aromatic carbocycles. The Morgan fingerprint density at radius 1 is 1.05 bits per heavy atom. The van der Waals surface area contributed by atoms with Crippen molar-refractivity contribution in [1.29, 1.82) is 0 Å². The molecule has 7 atom stereocenters. The molecule has 2 saturated heterocycles. The maximum Gasteiger partial charge on any atom is 0.246 e. The van der Waals surface area contributed by atoms with E-state index in [0.717, 1.165) is 56.9 Å². The van der Waals surface area contributed by atoms with Crippen molar-refractivity contribution in [3.8, 4) is 0 Å². The summed E-state index contributed by atoms with van der Waals surface area (Å²) in [7, 11) is 0. The second-order valence-electron chi connectivity index (χ2n) is 12.1. The van der Waals surface area contributed by atoms with Crippen molar-refractivity contribution >= 4 is 35.0 Å². The summed E-state index contributed by atoms with van der Waals surface area (Å²) < 4.78 is 6.53. The number of hydrogen-bond donors (Lipinski definition) is 2. The lowest BCUT2D eigenvalue weighted by Gasteiger charge is -2.42. The highest BCUT2D eigenvalue weighted by atomic mass is 35.5. The quantitative estimate of drug-likeness (QED) is 0.528. The van der Waals surface area contributed by atoms with Gasteiger partial charge >= 0.3 is 0 Å². The van der Waals surface area contributed by atoms with E-state index < -0.39 is 29.6 Å². The fourth-order valence-corrected chi connectivity index (χ4v) is 7.88. The maximum absolute atomic E-state index is 14.3. The van der Waals surface area contributed by atoms with Crippen molar-refractivity contribution in [3.63, 3.8) is 0 Å². The van der Waals surface area contributed by atoms with E-state index in [4.69, 9.17) is 16.3 Å². The molecular formula is C30H38ClN3O4. The van der Waals surface area contributed by atoms with Gasteiger partial charge in [0, 0.05) is 22.8 Å². The molecule has 8 heteroatoms. The Balaban J connectivity index is 1.33. The summed E-state index contributed by atoms with van der Waals surface area (Å²) in [4.78, 5) is 43.9. The minimum Gasteiger partial charge on any atom is -0.359 e. The van der Waals surface area contributed by atoms with Gasteiger partial charge in [0.25, 0.3) is 0 Å². The molecule has 0 unspecified atom stereocenters. The van der Waals surface area contributed by atoms with Gasteiger partial charge in [0.05, 0.1) is 17.9 Å². The number of benzene rings is 1. The van der Waals surface area contributed by atoms with Crippen LogP contribution in [0.1, 0.15) is 70.3 Å². The van der Waals surface area contributed by atoms with Gasteiger partial charge in [-0.05, 0) is 56.2 Å². The lowest BCUT2D eigenvalue weighted by molar-refractivity contribution is -0.146. The standard InChI is InChI=1S/C30H38ClN3O4/c1-17-12-13-20(16-21(17)31)33-27(35)24-23-14-15-30(38-23)25(24)29(37)34(22-11-7-6-8-18(22)2)26(30)28(36)32-19-9-4-3-5-10-19/h12-16,18-19,22-26H,3-11H2,1-2H3,(H,32,36)(H,33,35)/t18-,22+,23+,24-,25+,26+,30+/m1/s1. The molecule has 1 aromatic rings. The van der Waals surface area contributed by atoms with Crippen LogP contribution >= 0.6 is 11.6 Å². The van der Waals surface area contributed by atoms with Crippen LogP contribution in [0.4, 0.5) is 5.69 Å². The lowest BCUT2D eigenvalue weighted by atomic mass is 9.74. The first-order valence-electron chi connectivity index (χ1n) is 14.4. The van der Waals surface area contributed by atoms with Gasteiger partial charge in [0.1, 0.15) is 11.6 Å². The van der Waals surface area contributed by atoms with Crippen LogP contribution in [0.25, 0.3) is 0 Å². The van der Waals surface area contributed by atoms with Crippen LogP contribution in [-0.2, 0) is 19.1 Å². The number of anilines is 1. The SMILES string of the molecule is Cc1ccc(NC(=O)[C@@H]2[C@@H]3C=C[C@]4(O3)[C@@H]2C(=O)N([C@H]2CCCC[C@H]2C)[C@H]4C(=O)NC2CCCCC2)cc1Cl. The predicted molar refractivity (Wildman–Crippen MR) is 146 cm³/mol. The first-order valence-corrected chi connectivity index (χ1v) is 14.7. The first-order chi connectivity index (χ1) is 18.3. The van der Waals surface area contributed by atoms with E-state index in [9.17, 15) is 14.4 Å². The first kappa shape index (κ1) is 25.9. The van der Waals surface area contributed by atoms with E-state index in [-0.39, 0.29) is 35.7 Å². The van der Waals surface area contributed by atoms with E-state index in [1.807, 2.05) is 36.1 Å². The van der Waals surface area contributed by atoms with E-state index >= 15 is 0 Å². The zero-order chi connectivity index (χ0) is 26.6. The van der Waals surface area contributed by atoms with Gasteiger partial charge in [0.15, 0.2) is 0 Å². The zero-order valence-electron chi connectivity index (χ0n) is 22.3. The van der Waals surface area contributed by atoms with Crippen molar-refractivity contribution in [2.75, 3.05) is 5.32 Å². The Hall–Kier alpha value is -2.38. The lowest BCUT2D eigenvalue weighted by Crippen LogP contribution is -2.59. The molecule has 2 N–H and O–H groups in total. The van der Waals surface area contributed by atoms with Gasteiger partial charge < -0.3 is 20.3 Å². The number of aryl methyl sites for hydroxylation is 1. The number of hydrogen-bond acceptors (Lipinski definition) is 4. The molecule has 5 aliphatic rings. The molecule has 3 amide bonds. The number of likely N-dealkylation sites (tertiary alicyclic amines) is 1. The molecule has 3 aliphatic heterocycles. The smallest absolute Gasteiger partial charge is 0.246 e. The molecule has 2 saturated carbocycles. The summed E-state index contributed by atoms with van der Waals surface area (Å²) in [5.41, 5.74) is 0.385. The molecular weight excluding hydrogens is 502 g/mol. The minimum absolute atomic E-state index is 0.0333. The molecule has 2 aliphatic carbocycles. The van der Waals surface area contributed by atoms with Crippen LogP contribution < -0.4 is 10.6 Å². The normalized spacial score (nSPS) is 36.4. The third-order valence-electron chi connectivity index (χ3n) is 9.68. The van der Waals surface area contributed by atoms with E-state index in [2.05, 4.69) is 17.6 Å². The second kappa shape index (κ2) is 9.98. The topological polar surface area (TPSA) is 87.7 Å². The number of halogens is 1. The molecule has 1 spiro atoms. The van der Waals surface area contributed by atoms with Crippen molar-refractivity contribution in [1.82, 2.24) is 10.2 Å². The summed E-state index contributed by atoms with van der Waals surface area (Å²) in [6.07, 6.45) is 12.7. The third kappa shape index (κ3) is 4.17. The number of nitrogens with one attached hydrogen (secondary N) is 2. The third-order valence-corrected chi connectivity index (χ3v) is 10.1. The molecule has 0 radical (unpaired) electrons. The molecule has 204 valence electrons. The average molecular weight is 540 g/mol. The number of carbonyl (C=O) groups excluding carboxylic acids is 3. The average Bonchev–Trinajstić information content (AvgIpc) is 3.54. The van der Waals surface area contributed by atoms with Crippen molar-refractivity contribution in [3.05, 3.63) is 40.9 Å². The predicted octanol–water partition coefficient (Wildman–Crippen LogP) is 4.77. The second-order valence-corrected chi connectivity index (χ2v) is 12.5. The fraction of sp³-hybridized carbons (Fsp3) is 0.633. The largest absolute Gasteiger partial charge is 0.359 e. The van der Waals surface area contributed by atoms with Gasteiger partial charge in [-0.2, -0.15) is 0 Å². The summed E-state index contributed by atoms with van der Waals surface area (Å²) in [6.45, 7) is 4.08. The summed E-state index contributed by atoms with van der Waals surface area (Å²) in [6, 6.07) is 4.72. The van der Waals surface area contributed by atoms with Crippen LogP contribution in [0.5, 0.6) is 0 Å². The maximum atomic E-state index is 14.3. The Morgan fingerprint density at radius 3 is 2.53 bits per heavy atom. The summed E-state index contributed by atoms with van der Waals surface area (Å²) in [5.74, 6) is -1.68. The van der Waals surface area contributed by atoms with E-state index in [1.54, 1.807) is 6.07 Å². The van der Waals surface area contributed by atoms with Crippen molar-refractivity contribution in [2.24, 2.45) is 17.8 Å². The Kier molecular flexibility index (Phi) is 6.79. The fourth-order valence-electron chi connectivity index (χ4n) is 7.70. The van der Waals surface area contributed by atoms with Gasteiger partial charge in [-0.25, -0.2) is 0 Å². The molecule has 3 heterocycles. The van der Waals surface area contributed by atoms with Crippen LogP contribution in [0.2, 0.25) is 5.02 Å². The number of nitrogens with zero attached hydrogens (tertiary/aromatic N) is 1. The highest BCUT2D eigenvalue weighted by Gasteiger charge is 2.73. The van der Waals surface area contributed by atoms with Gasteiger partial charge in [-0.1, -0.05) is 68.8 Å². The minimum atomic E-state index is -1.12. The van der Waals surface area contributed by atoms with Gasteiger partial charge in [-0.15, -0.1) is 0 Å². The molecule has 2 bridgehead atoms. The molecule has 4 fully saturated rings. The van der Waals surface area contributed by atoms with E-state index in [1.165, 1.54) is 6.42 Å². The summed E-state index contributed by atoms with van der Waals surface area (Å²) in [5, 5.41) is 6.83. The van der Waals surface area contributed by atoms with Crippen LogP contribution in [0, 0.1) is 24.7 Å². The Bertz CT molecular complexity index is 1160. The number of fused-ring (bicyclic) bond motifs is 1. The molecule has 6 rings (SSSR count). The van der Waals surface area contributed by atoms with Crippen molar-refractivity contribution < 1.29 is 19.1 Å². The number of amides is 3. The van der Waals surface area contributed by atoms with Crippen LogP contribution in [-0.4, -0.2) is 52.5 Å². The zero-order valence-corrected chi connectivity index (χ0v) is 23.0. The number of ether oxygens (including phenoxy) is 1. The number of carbonyl (C=O) groups is 3. The van der Waals surface area contributed by atoms with E-state index in [0.29, 0.717) is 10.7 Å². The molecule has 38 heavy (non-hydrogen) atoms. The molecule has 0 aromatic heterocycles. The Morgan fingerprint density at radius 2 is 1.79 bits per heavy atom. The number of rotatable bonds is 5. The highest BCUT2D eigenvalue weighted by Crippen LogP contribution is 2.56.